The summed E-state index contributed by atoms with van der Waals surface area (Å²) in [6.07, 6.45) is 1.44. The van der Waals surface area contributed by atoms with E-state index in [2.05, 4.69) is 0 Å². The van der Waals surface area contributed by atoms with E-state index in [4.69, 9.17) is 21.4 Å². The number of benzene rings is 1. The third kappa shape index (κ3) is 2.14. The minimum atomic E-state index is -0.177. The van der Waals surface area contributed by atoms with Crippen molar-refractivity contribution in [2.24, 2.45) is 0 Å². The highest BCUT2D eigenvalue weighted by molar-refractivity contribution is 6.30. The van der Waals surface area contributed by atoms with Crippen LogP contribution < -0.4 is 4.74 Å². The molecule has 0 spiro atoms. The van der Waals surface area contributed by atoms with Crippen LogP contribution >= 0.6 is 11.6 Å². The molecule has 0 amide bonds. The molecular weight excluding hydrogens is 188 g/mol. The van der Waals surface area contributed by atoms with Crippen molar-refractivity contribution in [3.63, 3.8) is 0 Å². The maximum atomic E-state index is 9.04. The Kier molecular flexibility index (Phi) is 2.42. The monoisotopic (exact) mass is 198 g/mol. The maximum Gasteiger partial charge on any atom is 0.121 e. The Morgan fingerprint density at radius 2 is 2.15 bits per heavy atom. The Bertz CT molecular complexity index is 295. The van der Waals surface area contributed by atoms with Gasteiger partial charge in [0.1, 0.15) is 11.9 Å². The van der Waals surface area contributed by atoms with Gasteiger partial charge in [0.15, 0.2) is 0 Å². The first-order chi connectivity index (χ1) is 6.24. The molecule has 0 aromatic heterocycles. The molecule has 0 saturated heterocycles. The van der Waals surface area contributed by atoms with Crippen molar-refractivity contribution in [3.8, 4) is 5.75 Å². The number of halogens is 1. The Balaban J connectivity index is 1.94. The number of aliphatic hydroxyl groups is 1. The number of aliphatic hydroxyl groups excluding tert-OH is 1. The normalized spacial score (nSPS) is 26.6. The Labute approximate surface area is 82.1 Å². The maximum absolute atomic E-state index is 9.04. The van der Waals surface area contributed by atoms with Crippen molar-refractivity contribution in [1.29, 1.82) is 0 Å². The smallest absolute Gasteiger partial charge is 0.121 e. The quantitative estimate of drug-likeness (QED) is 0.790. The van der Waals surface area contributed by atoms with Crippen molar-refractivity contribution >= 4 is 11.6 Å². The lowest BCUT2D eigenvalue weighted by Gasteiger charge is -2.31. The van der Waals surface area contributed by atoms with Crippen molar-refractivity contribution in [1.82, 2.24) is 0 Å². The van der Waals surface area contributed by atoms with Crippen LogP contribution in [0.25, 0.3) is 0 Å². The minimum absolute atomic E-state index is 0.161. The third-order valence-electron chi connectivity index (χ3n) is 2.17. The fraction of sp³-hybridized carbons (Fsp3) is 0.400. The van der Waals surface area contributed by atoms with Gasteiger partial charge in [-0.3, -0.25) is 0 Å². The zero-order valence-corrected chi connectivity index (χ0v) is 7.87. The van der Waals surface area contributed by atoms with Crippen LogP contribution in [-0.4, -0.2) is 17.3 Å². The van der Waals surface area contributed by atoms with Gasteiger partial charge in [-0.15, -0.1) is 0 Å². The summed E-state index contributed by atoms with van der Waals surface area (Å²) < 4.78 is 5.56. The molecule has 0 bridgehead atoms. The van der Waals surface area contributed by atoms with E-state index < -0.39 is 0 Å². The summed E-state index contributed by atoms with van der Waals surface area (Å²) in [5.41, 5.74) is 0. The largest absolute Gasteiger partial charge is 0.490 e. The Morgan fingerprint density at radius 3 is 2.77 bits per heavy atom. The second-order valence-corrected chi connectivity index (χ2v) is 3.76. The molecule has 0 unspecified atom stereocenters. The molecule has 2 nitrogen and oxygen atoms in total. The highest BCUT2D eigenvalue weighted by atomic mass is 35.5. The van der Waals surface area contributed by atoms with Crippen molar-refractivity contribution in [2.75, 3.05) is 0 Å². The molecule has 13 heavy (non-hydrogen) atoms. The molecule has 1 aromatic carbocycles. The zero-order valence-electron chi connectivity index (χ0n) is 7.11. The van der Waals surface area contributed by atoms with Gasteiger partial charge in [-0.25, -0.2) is 0 Å². The second-order valence-electron chi connectivity index (χ2n) is 3.32. The molecular formula is C10H11ClO2. The SMILES string of the molecule is OC1CC(Oc2cccc(Cl)c2)C1. The average molecular weight is 199 g/mol. The lowest BCUT2D eigenvalue weighted by atomic mass is 9.92. The molecule has 0 radical (unpaired) electrons. The first-order valence-corrected chi connectivity index (χ1v) is 4.72. The molecule has 1 fully saturated rings. The van der Waals surface area contributed by atoms with Gasteiger partial charge in [0.2, 0.25) is 0 Å². The van der Waals surface area contributed by atoms with Crippen LogP contribution in [0.1, 0.15) is 12.8 Å². The van der Waals surface area contributed by atoms with Gasteiger partial charge >= 0.3 is 0 Å². The molecule has 70 valence electrons. The number of hydrogen-bond donors (Lipinski definition) is 1. The van der Waals surface area contributed by atoms with E-state index in [1.54, 1.807) is 6.07 Å². The highest BCUT2D eigenvalue weighted by Crippen LogP contribution is 2.26. The molecule has 1 aromatic rings. The topological polar surface area (TPSA) is 29.5 Å². The first-order valence-electron chi connectivity index (χ1n) is 4.34. The lowest BCUT2D eigenvalue weighted by Crippen LogP contribution is -2.37. The van der Waals surface area contributed by atoms with Gasteiger partial charge in [-0.1, -0.05) is 17.7 Å². The Morgan fingerprint density at radius 1 is 1.38 bits per heavy atom. The fourth-order valence-corrected chi connectivity index (χ4v) is 1.55. The summed E-state index contributed by atoms with van der Waals surface area (Å²) in [6.45, 7) is 0. The number of ether oxygens (including phenoxy) is 1. The summed E-state index contributed by atoms with van der Waals surface area (Å²) in [4.78, 5) is 0. The van der Waals surface area contributed by atoms with E-state index >= 15 is 0 Å². The standard InChI is InChI=1S/C10H11ClO2/c11-7-2-1-3-9(4-7)13-10-5-8(12)6-10/h1-4,8,10,12H,5-6H2. The highest BCUT2D eigenvalue weighted by Gasteiger charge is 2.28. The van der Waals surface area contributed by atoms with E-state index in [0.29, 0.717) is 5.02 Å². The van der Waals surface area contributed by atoms with Gasteiger partial charge < -0.3 is 9.84 Å². The van der Waals surface area contributed by atoms with Gasteiger partial charge in [0, 0.05) is 17.9 Å². The van der Waals surface area contributed by atoms with Crippen LogP contribution in [-0.2, 0) is 0 Å². The number of rotatable bonds is 2. The van der Waals surface area contributed by atoms with Crippen LogP contribution in [0.2, 0.25) is 5.02 Å². The molecule has 3 heteroatoms. The molecule has 2 rings (SSSR count). The predicted molar refractivity (Wildman–Crippen MR) is 51.1 cm³/mol. The zero-order chi connectivity index (χ0) is 9.26. The van der Waals surface area contributed by atoms with Crippen molar-refractivity contribution in [3.05, 3.63) is 29.3 Å². The first kappa shape index (κ1) is 8.85. The van der Waals surface area contributed by atoms with Crippen LogP contribution in [0.3, 0.4) is 0 Å². The van der Waals surface area contributed by atoms with Crippen LogP contribution in [0.15, 0.2) is 24.3 Å². The van der Waals surface area contributed by atoms with Crippen LogP contribution in [0.5, 0.6) is 5.75 Å². The van der Waals surface area contributed by atoms with Crippen LogP contribution in [0.4, 0.5) is 0 Å². The average Bonchev–Trinajstić information content (AvgIpc) is 2.01. The summed E-state index contributed by atoms with van der Waals surface area (Å²) in [7, 11) is 0. The number of hydrogen-bond acceptors (Lipinski definition) is 2. The van der Waals surface area contributed by atoms with E-state index in [-0.39, 0.29) is 12.2 Å². The van der Waals surface area contributed by atoms with Gasteiger partial charge in [0.25, 0.3) is 0 Å². The van der Waals surface area contributed by atoms with E-state index in [9.17, 15) is 0 Å². The fourth-order valence-electron chi connectivity index (χ4n) is 1.37. The van der Waals surface area contributed by atoms with E-state index in [1.165, 1.54) is 0 Å². The van der Waals surface area contributed by atoms with Gasteiger partial charge in [-0.05, 0) is 18.2 Å². The summed E-state index contributed by atoms with van der Waals surface area (Å²) in [5, 5.41) is 9.72. The van der Waals surface area contributed by atoms with Crippen molar-refractivity contribution in [2.45, 2.75) is 25.0 Å². The minimum Gasteiger partial charge on any atom is -0.490 e. The molecule has 1 saturated carbocycles. The van der Waals surface area contributed by atoms with Crippen LogP contribution in [0, 0.1) is 0 Å². The molecule has 1 N–H and O–H groups in total. The molecule has 1 aliphatic rings. The van der Waals surface area contributed by atoms with E-state index in [1.807, 2.05) is 18.2 Å². The summed E-state index contributed by atoms with van der Waals surface area (Å²) >= 11 is 5.79. The Hall–Kier alpha value is -0.730. The predicted octanol–water partition coefficient (Wildman–Crippen LogP) is 2.24. The molecule has 1 aliphatic carbocycles. The summed E-state index contributed by atoms with van der Waals surface area (Å²) in [6, 6.07) is 7.32. The van der Waals surface area contributed by atoms with Gasteiger partial charge in [0.05, 0.1) is 6.10 Å². The van der Waals surface area contributed by atoms with Crippen molar-refractivity contribution < 1.29 is 9.84 Å². The van der Waals surface area contributed by atoms with E-state index in [0.717, 1.165) is 18.6 Å². The third-order valence-corrected chi connectivity index (χ3v) is 2.40. The molecule has 0 atom stereocenters. The second kappa shape index (κ2) is 3.56. The molecule has 0 heterocycles. The summed E-state index contributed by atoms with van der Waals surface area (Å²) in [5.74, 6) is 0.782. The molecule has 0 aliphatic heterocycles. The van der Waals surface area contributed by atoms with Gasteiger partial charge in [-0.2, -0.15) is 0 Å². The lowest BCUT2D eigenvalue weighted by molar-refractivity contribution is -0.0107.